The second kappa shape index (κ2) is 12.3. The minimum Gasteiger partial charge on any atom is -0.373 e. The van der Waals surface area contributed by atoms with Gasteiger partial charge in [0.1, 0.15) is 41.2 Å². The van der Waals surface area contributed by atoms with Crippen LogP contribution in [0.15, 0.2) is 24.8 Å². The average molecular weight is 844 g/mol. The van der Waals surface area contributed by atoms with Crippen molar-refractivity contribution in [3.63, 3.8) is 0 Å². The van der Waals surface area contributed by atoms with Gasteiger partial charge in [0.25, 0.3) is 0 Å². The normalized spacial score (nSPS) is 28.9. The van der Waals surface area contributed by atoms with E-state index in [2.05, 4.69) is 69.2 Å². The van der Waals surface area contributed by atoms with Gasteiger partial charge in [0.05, 0.1) is 16.5 Å². The molecule has 0 aromatic carbocycles. The van der Waals surface area contributed by atoms with Crippen LogP contribution < -0.4 is 20.4 Å². The van der Waals surface area contributed by atoms with Crippen LogP contribution in [0.2, 0.25) is 5.28 Å². The van der Waals surface area contributed by atoms with Crippen LogP contribution in [0, 0.1) is 24.7 Å². The van der Waals surface area contributed by atoms with Crippen molar-refractivity contribution < 1.29 is 26.3 Å². The summed E-state index contributed by atoms with van der Waals surface area (Å²) in [5.74, 6) is 4.32. The minimum absolute atomic E-state index is 0.118. The maximum absolute atomic E-state index is 13.6. The molecule has 2 aliphatic heterocycles. The molecule has 316 valence electrons. The molecule has 4 aromatic heterocycles. The van der Waals surface area contributed by atoms with Crippen LogP contribution in [-0.4, -0.2) is 85.1 Å². The zero-order valence-electron chi connectivity index (χ0n) is 34.3. The molecule has 0 unspecified atom stereocenters. The van der Waals surface area contributed by atoms with Gasteiger partial charge in [-0.05, 0) is 75.1 Å². The van der Waals surface area contributed by atoms with Crippen molar-refractivity contribution in [2.24, 2.45) is 10.8 Å². The monoisotopic (exact) mass is 843 g/mol. The standard InChI is InChI=1S/C26H30F3N7.C15H18ClF3N4/c1-15-6-17(8-31-21(15)35-9-16(2)32-14-35)7-18-33-20(30-5)19-22(34-18)36(13-23(19,3)4)25-10-24(11-25,12-25)26(27,28)29;1-12(2)7-23(10-8(12)9(20-3)21-11(16)22-10)14-4-13(5-14,6-14)15(17,18)19/h6,8-9,14H,7,10-13H2,1-5H3,(H,30,33,34);4-7H2,1-3H3,(H,20,21,22). The highest BCUT2D eigenvalue weighted by Gasteiger charge is 2.82. The molecule has 0 saturated heterocycles. The van der Waals surface area contributed by atoms with Gasteiger partial charge in [0.15, 0.2) is 0 Å². The van der Waals surface area contributed by atoms with Crippen molar-refractivity contribution in [1.29, 1.82) is 0 Å². The van der Waals surface area contributed by atoms with Crippen molar-refractivity contribution in [2.45, 2.75) is 121 Å². The molecule has 6 heterocycles. The highest BCUT2D eigenvalue weighted by molar-refractivity contribution is 6.28. The summed E-state index contributed by atoms with van der Waals surface area (Å²) in [6, 6.07) is 2.07. The van der Waals surface area contributed by atoms with Gasteiger partial charge in [-0.1, -0.05) is 33.8 Å². The van der Waals surface area contributed by atoms with Gasteiger partial charge < -0.3 is 20.4 Å². The molecular formula is C41H48ClF6N11. The van der Waals surface area contributed by atoms with E-state index in [0.717, 1.165) is 45.4 Å². The van der Waals surface area contributed by atoms with Gasteiger partial charge in [-0.3, -0.25) is 4.57 Å². The lowest BCUT2D eigenvalue weighted by Crippen LogP contribution is -2.79. The van der Waals surface area contributed by atoms with E-state index in [1.807, 2.05) is 42.8 Å². The number of aromatic nitrogens is 7. The fourth-order valence-electron chi connectivity index (χ4n) is 11.2. The molecule has 0 atom stereocenters. The first kappa shape index (κ1) is 40.0. The second-order valence-electron chi connectivity index (χ2n) is 19.3. The minimum atomic E-state index is -4.13. The van der Waals surface area contributed by atoms with Crippen LogP contribution in [0.25, 0.3) is 5.82 Å². The largest absolute Gasteiger partial charge is 0.394 e. The van der Waals surface area contributed by atoms with Crippen molar-refractivity contribution in [2.75, 3.05) is 47.6 Å². The third kappa shape index (κ3) is 5.74. The molecule has 0 radical (unpaired) electrons. The molecule has 18 heteroatoms. The fourth-order valence-corrected chi connectivity index (χ4v) is 11.4. The van der Waals surface area contributed by atoms with Gasteiger partial charge >= 0.3 is 12.4 Å². The zero-order valence-corrected chi connectivity index (χ0v) is 35.1. The highest BCUT2D eigenvalue weighted by Crippen LogP contribution is 2.77. The lowest BCUT2D eigenvalue weighted by Gasteiger charge is -2.73. The number of aryl methyl sites for hydroxylation is 2. The predicted octanol–water partition coefficient (Wildman–Crippen LogP) is 8.64. The molecule has 6 saturated carbocycles. The van der Waals surface area contributed by atoms with Crippen LogP contribution in [0.1, 0.15) is 100.0 Å². The van der Waals surface area contributed by atoms with Crippen molar-refractivity contribution in [3.8, 4) is 5.82 Å². The summed E-state index contributed by atoms with van der Waals surface area (Å²) in [6.45, 7) is 13.6. The van der Waals surface area contributed by atoms with E-state index >= 15 is 0 Å². The van der Waals surface area contributed by atoms with Gasteiger partial charge in [0.2, 0.25) is 5.28 Å². The number of alkyl halides is 6. The Kier molecular flexibility index (Phi) is 8.37. The van der Waals surface area contributed by atoms with Crippen molar-refractivity contribution in [1.82, 2.24) is 34.5 Å². The Morgan fingerprint density at radius 1 is 0.695 bits per heavy atom. The van der Waals surface area contributed by atoms with Crippen LogP contribution in [0.3, 0.4) is 0 Å². The number of nitrogens with zero attached hydrogens (tertiary/aromatic N) is 9. The molecular weight excluding hydrogens is 796 g/mol. The summed E-state index contributed by atoms with van der Waals surface area (Å²) in [7, 11) is 3.59. The summed E-state index contributed by atoms with van der Waals surface area (Å²) in [6.07, 6.45) is -1.29. The third-order valence-corrected chi connectivity index (χ3v) is 14.2. The van der Waals surface area contributed by atoms with E-state index in [1.54, 1.807) is 13.4 Å². The Balaban J connectivity index is 0.000000168. The number of imidazole rings is 1. The Bertz CT molecular complexity index is 2350. The fraction of sp³-hybridized carbons (Fsp3) is 0.610. The quantitative estimate of drug-likeness (QED) is 0.139. The van der Waals surface area contributed by atoms with Gasteiger partial charge in [0, 0.05) is 79.0 Å². The molecule has 0 spiro atoms. The van der Waals surface area contributed by atoms with Crippen LogP contribution in [0.4, 0.5) is 49.6 Å². The summed E-state index contributed by atoms with van der Waals surface area (Å²) in [4.78, 5) is 31.5. The van der Waals surface area contributed by atoms with E-state index in [0.29, 0.717) is 37.0 Å². The Labute approximate surface area is 343 Å². The summed E-state index contributed by atoms with van der Waals surface area (Å²) in [5.41, 5.74) is 0.489. The number of rotatable bonds is 7. The van der Waals surface area contributed by atoms with Crippen LogP contribution in [0.5, 0.6) is 0 Å². The number of halogens is 7. The molecule has 6 aliphatic carbocycles. The number of pyridine rings is 1. The summed E-state index contributed by atoms with van der Waals surface area (Å²) in [5, 5.41) is 6.37. The summed E-state index contributed by atoms with van der Waals surface area (Å²) >= 11 is 6.02. The lowest BCUT2D eigenvalue weighted by atomic mass is 9.38. The van der Waals surface area contributed by atoms with E-state index < -0.39 is 34.3 Å². The molecule has 4 bridgehead atoms. The zero-order chi connectivity index (χ0) is 42.5. The first-order chi connectivity index (χ1) is 27.4. The van der Waals surface area contributed by atoms with E-state index in [9.17, 15) is 26.3 Å². The van der Waals surface area contributed by atoms with Gasteiger partial charge in [-0.25, -0.2) is 29.9 Å². The van der Waals surface area contributed by atoms with Crippen molar-refractivity contribution >= 4 is 34.9 Å². The maximum atomic E-state index is 13.6. The number of fused-ring (bicyclic) bond motifs is 2. The Hall–Kier alpha value is -4.41. The molecule has 6 fully saturated rings. The van der Waals surface area contributed by atoms with Gasteiger partial charge in [-0.2, -0.15) is 26.3 Å². The van der Waals surface area contributed by atoms with Crippen molar-refractivity contribution in [3.05, 3.63) is 63.8 Å². The van der Waals surface area contributed by atoms with Crippen LogP contribution >= 0.6 is 11.6 Å². The Morgan fingerprint density at radius 3 is 1.63 bits per heavy atom. The average Bonchev–Trinajstić information content (AvgIpc) is 3.67. The second-order valence-corrected chi connectivity index (χ2v) is 19.7. The topological polar surface area (TPSA) is 113 Å². The molecule has 59 heavy (non-hydrogen) atoms. The molecule has 11 nitrogen and oxygen atoms in total. The van der Waals surface area contributed by atoms with Crippen LogP contribution in [-0.2, 0) is 17.3 Å². The molecule has 8 aliphatic rings. The van der Waals surface area contributed by atoms with E-state index in [4.69, 9.17) is 21.6 Å². The lowest BCUT2D eigenvalue weighted by molar-refractivity contribution is -0.332. The van der Waals surface area contributed by atoms with E-state index in [1.165, 1.54) is 0 Å². The maximum Gasteiger partial charge on any atom is 0.394 e. The molecule has 0 amide bonds. The smallest absolute Gasteiger partial charge is 0.373 e. The third-order valence-electron chi connectivity index (χ3n) is 14.0. The highest BCUT2D eigenvalue weighted by atomic mass is 35.5. The Morgan fingerprint density at radius 2 is 1.19 bits per heavy atom. The number of nitrogens with one attached hydrogen (secondary N) is 2. The molecule has 12 rings (SSSR count). The molecule has 4 aromatic rings. The number of hydrogen-bond acceptors (Lipinski definition) is 10. The number of hydrogen-bond donors (Lipinski definition) is 2. The summed E-state index contributed by atoms with van der Waals surface area (Å²) < 4.78 is 82.0. The SMILES string of the molecule is CNc1nc(Cc2cnc(-n3cnc(C)c3)c(C)c2)nc2c1C(C)(C)CN2C12CC(C(F)(F)F)(C1)C2.CNc1nc(Cl)nc2c1C(C)(C)CN2C12CC(C(F)(F)F)(C1)C2. The predicted molar refractivity (Wildman–Crippen MR) is 213 cm³/mol. The van der Waals surface area contributed by atoms with Gasteiger partial charge in [-0.15, -0.1) is 0 Å². The molecule has 2 N–H and O–H groups in total. The first-order valence-electron chi connectivity index (χ1n) is 19.9. The first-order valence-corrected chi connectivity index (χ1v) is 20.3. The van der Waals surface area contributed by atoms with E-state index in [-0.39, 0.29) is 54.6 Å². The number of anilines is 4.